The van der Waals surface area contributed by atoms with Gasteiger partial charge in [0.05, 0.1) is 19.6 Å². The molecule has 0 aromatic heterocycles. The van der Waals surface area contributed by atoms with Gasteiger partial charge in [-0.1, -0.05) is 109 Å². The number of benzene rings is 1. The van der Waals surface area contributed by atoms with Crippen molar-refractivity contribution in [2.24, 2.45) is 5.92 Å². The molecule has 0 aliphatic rings. The molecule has 1 aromatic rings. The predicted octanol–water partition coefficient (Wildman–Crippen LogP) is 8.46. The SMILES string of the molecule is CCCCCCCCCC(CCCCCCC)COC(=O)C(C)c1ccccc1OC. The van der Waals surface area contributed by atoms with Crippen molar-refractivity contribution in [3.05, 3.63) is 29.8 Å². The van der Waals surface area contributed by atoms with Crippen LogP contribution in [0.5, 0.6) is 5.75 Å². The van der Waals surface area contributed by atoms with Gasteiger partial charge in [0.2, 0.25) is 0 Å². The molecule has 0 bridgehead atoms. The summed E-state index contributed by atoms with van der Waals surface area (Å²) in [7, 11) is 1.65. The minimum atomic E-state index is -0.306. The number of rotatable bonds is 19. The van der Waals surface area contributed by atoms with Crippen molar-refractivity contribution in [1.29, 1.82) is 0 Å². The number of esters is 1. The van der Waals surface area contributed by atoms with Gasteiger partial charge < -0.3 is 9.47 Å². The third-order valence-electron chi connectivity index (χ3n) is 6.35. The van der Waals surface area contributed by atoms with Crippen molar-refractivity contribution >= 4 is 5.97 Å². The highest BCUT2D eigenvalue weighted by molar-refractivity contribution is 5.78. The van der Waals surface area contributed by atoms with Crippen LogP contribution >= 0.6 is 0 Å². The van der Waals surface area contributed by atoms with Gasteiger partial charge in [-0.05, 0) is 31.7 Å². The Morgan fingerprint density at radius 1 is 0.806 bits per heavy atom. The van der Waals surface area contributed by atoms with Gasteiger partial charge in [0.15, 0.2) is 0 Å². The van der Waals surface area contributed by atoms with E-state index in [4.69, 9.17) is 9.47 Å². The summed E-state index contributed by atoms with van der Waals surface area (Å²) in [6.07, 6.45) is 18.1. The van der Waals surface area contributed by atoms with Crippen molar-refractivity contribution in [2.75, 3.05) is 13.7 Å². The zero-order chi connectivity index (χ0) is 22.7. The molecule has 0 fully saturated rings. The normalized spacial score (nSPS) is 13.0. The second kappa shape index (κ2) is 18.1. The first-order chi connectivity index (χ1) is 15.1. The van der Waals surface area contributed by atoms with E-state index in [0.717, 1.165) is 11.3 Å². The van der Waals surface area contributed by atoms with Crippen LogP contribution in [0.3, 0.4) is 0 Å². The topological polar surface area (TPSA) is 35.5 Å². The molecule has 2 unspecified atom stereocenters. The van der Waals surface area contributed by atoms with E-state index in [9.17, 15) is 4.79 Å². The maximum atomic E-state index is 12.7. The van der Waals surface area contributed by atoms with Crippen molar-refractivity contribution in [3.63, 3.8) is 0 Å². The summed E-state index contributed by atoms with van der Waals surface area (Å²) in [6.45, 7) is 6.99. The lowest BCUT2D eigenvalue weighted by Crippen LogP contribution is -2.19. The molecule has 0 N–H and O–H groups in total. The number of carbonyl (C=O) groups is 1. The van der Waals surface area contributed by atoms with Crippen LogP contribution in [-0.2, 0) is 9.53 Å². The highest BCUT2D eigenvalue weighted by atomic mass is 16.5. The molecule has 31 heavy (non-hydrogen) atoms. The Kier molecular flexibility index (Phi) is 16.1. The average Bonchev–Trinajstić information content (AvgIpc) is 2.80. The smallest absolute Gasteiger partial charge is 0.313 e. The molecule has 0 saturated carbocycles. The molecule has 0 heterocycles. The van der Waals surface area contributed by atoms with E-state index in [1.807, 2.05) is 31.2 Å². The molecule has 1 rings (SSSR count). The number of carbonyl (C=O) groups excluding carboxylic acids is 1. The van der Waals surface area contributed by atoms with Gasteiger partial charge in [-0.2, -0.15) is 0 Å². The Morgan fingerprint density at radius 2 is 1.32 bits per heavy atom. The van der Waals surface area contributed by atoms with Crippen LogP contribution in [0.4, 0.5) is 0 Å². The van der Waals surface area contributed by atoms with Gasteiger partial charge in [-0.15, -0.1) is 0 Å². The lowest BCUT2D eigenvalue weighted by molar-refractivity contribution is -0.146. The maximum Gasteiger partial charge on any atom is 0.313 e. The second-order valence-electron chi connectivity index (χ2n) is 9.07. The molecule has 3 nitrogen and oxygen atoms in total. The second-order valence-corrected chi connectivity index (χ2v) is 9.07. The van der Waals surface area contributed by atoms with Crippen LogP contribution in [0, 0.1) is 5.92 Å². The van der Waals surface area contributed by atoms with Gasteiger partial charge in [-0.3, -0.25) is 4.79 Å². The van der Waals surface area contributed by atoms with E-state index in [0.29, 0.717) is 12.5 Å². The summed E-state index contributed by atoms with van der Waals surface area (Å²) < 4.78 is 11.2. The van der Waals surface area contributed by atoms with Gasteiger partial charge in [0.1, 0.15) is 5.75 Å². The lowest BCUT2D eigenvalue weighted by Gasteiger charge is -2.20. The highest BCUT2D eigenvalue weighted by Crippen LogP contribution is 2.28. The zero-order valence-electron chi connectivity index (χ0n) is 20.8. The molecule has 0 aliphatic carbocycles. The minimum Gasteiger partial charge on any atom is -0.496 e. The Hall–Kier alpha value is -1.51. The molecule has 1 aromatic carbocycles. The fourth-order valence-electron chi connectivity index (χ4n) is 4.21. The number of methoxy groups -OCH3 is 1. The van der Waals surface area contributed by atoms with Gasteiger partial charge in [0, 0.05) is 5.56 Å². The lowest BCUT2D eigenvalue weighted by atomic mass is 9.94. The van der Waals surface area contributed by atoms with Crippen LogP contribution in [0.25, 0.3) is 0 Å². The minimum absolute atomic E-state index is 0.139. The Labute approximate surface area is 192 Å². The van der Waals surface area contributed by atoms with Crippen LogP contribution in [0.15, 0.2) is 24.3 Å². The summed E-state index contributed by atoms with van der Waals surface area (Å²) in [6, 6.07) is 7.73. The summed E-state index contributed by atoms with van der Waals surface area (Å²) in [4.78, 5) is 12.7. The van der Waals surface area contributed by atoms with Crippen molar-refractivity contribution in [2.45, 2.75) is 117 Å². The van der Waals surface area contributed by atoms with Crippen LogP contribution in [-0.4, -0.2) is 19.7 Å². The van der Waals surface area contributed by atoms with Crippen molar-refractivity contribution in [3.8, 4) is 5.75 Å². The first kappa shape index (κ1) is 27.5. The Morgan fingerprint density at radius 3 is 1.87 bits per heavy atom. The van der Waals surface area contributed by atoms with Gasteiger partial charge >= 0.3 is 5.97 Å². The summed E-state index contributed by atoms with van der Waals surface area (Å²) in [5.74, 6) is 0.800. The van der Waals surface area contributed by atoms with Gasteiger partial charge in [0.25, 0.3) is 0 Å². The number of ether oxygens (including phenoxy) is 2. The molecule has 0 spiro atoms. The van der Waals surface area contributed by atoms with Crippen molar-refractivity contribution in [1.82, 2.24) is 0 Å². The molecule has 0 amide bonds. The fraction of sp³-hybridized carbons (Fsp3) is 0.750. The summed E-state index contributed by atoms with van der Waals surface area (Å²) >= 11 is 0. The Bertz CT molecular complexity index is 569. The third-order valence-corrected chi connectivity index (χ3v) is 6.35. The van der Waals surface area contributed by atoms with E-state index >= 15 is 0 Å². The number of para-hydroxylation sites is 1. The van der Waals surface area contributed by atoms with E-state index in [-0.39, 0.29) is 11.9 Å². The molecular weight excluding hydrogens is 384 g/mol. The van der Waals surface area contributed by atoms with E-state index in [2.05, 4.69) is 13.8 Å². The molecular formula is C28H48O3. The van der Waals surface area contributed by atoms with Crippen LogP contribution in [0.1, 0.15) is 122 Å². The predicted molar refractivity (Wildman–Crippen MR) is 132 cm³/mol. The molecule has 178 valence electrons. The molecule has 3 heteroatoms. The standard InChI is InChI=1S/C28H48O3/c1-5-7-9-11-12-14-16-20-25(19-15-13-10-8-6-2)23-31-28(29)24(3)26-21-17-18-22-27(26)30-4/h17-18,21-22,24-25H,5-16,19-20,23H2,1-4H3. The molecule has 2 atom stereocenters. The largest absolute Gasteiger partial charge is 0.496 e. The molecule has 0 aliphatic heterocycles. The first-order valence-electron chi connectivity index (χ1n) is 12.9. The molecule has 0 saturated heterocycles. The van der Waals surface area contributed by atoms with Gasteiger partial charge in [-0.25, -0.2) is 0 Å². The fourth-order valence-corrected chi connectivity index (χ4v) is 4.21. The highest BCUT2D eigenvalue weighted by Gasteiger charge is 2.21. The monoisotopic (exact) mass is 432 g/mol. The number of hydrogen-bond acceptors (Lipinski definition) is 3. The van der Waals surface area contributed by atoms with E-state index in [1.54, 1.807) is 7.11 Å². The summed E-state index contributed by atoms with van der Waals surface area (Å²) in [5.41, 5.74) is 0.901. The zero-order valence-corrected chi connectivity index (χ0v) is 20.8. The van der Waals surface area contributed by atoms with Crippen molar-refractivity contribution < 1.29 is 14.3 Å². The van der Waals surface area contributed by atoms with E-state index < -0.39 is 0 Å². The first-order valence-corrected chi connectivity index (χ1v) is 12.9. The Balaban J connectivity index is 2.47. The third kappa shape index (κ3) is 12.2. The van der Waals surface area contributed by atoms with Crippen LogP contribution < -0.4 is 4.74 Å². The number of hydrogen-bond donors (Lipinski definition) is 0. The molecule has 0 radical (unpaired) electrons. The quantitative estimate of drug-likeness (QED) is 0.162. The summed E-state index contributed by atoms with van der Waals surface area (Å²) in [5, 5.41) is 0. The van der Waals surface area contributed by atoms with Crippen LogP contribution in [0.2, 0.25) is 0 Å². The maximum absolute atomic E-state index is 12.7. The number of unbranched alkanes of at least 4 members (excludes halogenated alkanes) is 10. The van der Waals surface area contributed by atoms with E-state index in [1.165, 1.54) is 89.9 Å². The average molecular weight is 433 g/mol.